The van der Waals surface area contributed by atoms with Gasteiger partial charge in [0.25, 0.3) is 0 Å². The second-order valence-electron chi connectivity index (χ2n) is 8.46. The number of benzene rings is 1. The van der Waals surface area contributed by atoms with Gasteiger partial charge in [0.15, 0.2) is 5.96 Å². The van der Waals surface area contributed by atoms with Crippen LogP contribution in [0.5, 0.6) is 0 Å². The number of pyridine rings is 1. The van der Waals surface area contributed by atoms with Crippen molar-refractivity contribution in [2.75, 3.05) is 38.6 Å². The van der Waals surface area contributed by atoms with Crippen LogP contribution in [0, 0.1) is 0 Å². The third-order valence-electron chi connectivity index (χ3n) is 6.06. The van der Waals surface area contributed by atoms with E-state index in [1.54, 1.807) is 0 Å². The van der Waals surface area contributed by atoms with Crippen molar-refractivity contribution in [2.45, 2.75) is 51.7 Å². The number of piperidine rings is 1. The molecule has 1 saturated heterocycles. The molecule has 2 N–H and O–H groups in total. The van der Waals surface area contributed by atoms with Crippen molar-refractivity contribution >= 4 is 35.8 Å². The van der Waals surface area contributed by atoms with Gasteiger partial charge in [-0.05, 0) is 62.9 Å². The Hall–Kier alpha value is -1.87. The highest BCUT2D eigenvalue weighted by Gasteiger charge is 2.13. The van der Waals surface area contributed by atoms with Crippen LogP contribution in [-0.2, 0) is 13.1 Å². The first-order valence-electron chi connectivity index (χ1n) is 11.5. The topological polar surface area (TPSA) is 55.8 Å². The lowest BCUT2D eigenvalue weighted by atomic mass is 10.1. The molecule has 1 aromatic heterocycles. The minimum atomic E-state index is 0. The zero-order valence-electron chi connectivity index (χ0n) is 19.8. The molecule has 2 heterocycles. The van der Waals surface area contributed by atoms with Crippen molar-refractivity contribution in [1.29, 1.82) is 0 Å². The number of aromatic nitrogens is 1. The molecule has 0 saturated carbocycles. The number of aliphatic imine (C=N–C) groups is 1. The number of halogens is 1. The van der Waals surface area contributed by atoms with Crippen LogP contribution in [0.25, 0.3) is 0 Å². The van der Waals surface area contributed by atoms with Crippen molar-refractivity contribution in [2.24, 2.45) is 4.99 Å². The second kappa shape index (κ2) is 14.3. The Morgan fingerprint density at radius 1 is 1.09 bits per heavy atom. The third-order valence-corrected chi connectivity index (χ3v) is 6.06. The number of nitrogens with zero attached hydrogens (tertiary/aromatic N) is 4. The zero-order chi connectivity index (χ0) is 21.9. The minimum Gasteiger partial charge on any atom is -0.357 e. The predicted molar refractivity (Wildman–Crippen MR) is 146 cm³/mol. The molecule has 176 valence electrons. The summed E-state index contributed by atoms with van der Waals surface area (Å²) in [6.45, 7) is 7.10. The van der Waals surface area contributed by atoms with Gasteiger partial charge in [-0.3, -0.25) is 9.89 Å². The fourth-order valence-corrected chi connectivity index (χ4v) is 3.92. The van der Waals surface area contributed by atoms with Crippen LogP contribution in [0.1, 0.15) is 43.7 Å². The summed E-state index contributed by atoms with van der Waals surface area (Å²) in [5, 5.41) is 6.89. The average Bonchev–Trinajstić information content (AvgIpc) is 2.82. The first-order chi connectivity index (χ1) is 15.2. The normalized spacial score (nSPS) is 15.2. The summed E-state index contributed by atoms with van der Waals surface area (Å²) in [5.41, 5.74) is 2.58. The van der Waals surface area contributed by atoms with Crippen molar-refractivity contribution in [3.63, 3.8) is 0 Å². The Bertz CT molecular complexity index is 807. The molecule has 1 unspecified atom stereocenters. The van der Waals surface area contributed by atoms with E-state index in [1.165, 1.54) is 30.4 Å². The number of hydrogen-bond donors (Lipinski definition) is 2. The smallest absolute Gasteiger partial charge is 0.191 e. The highest BCUT2D eigenvalue weighted by Crippen LogP contribution is 2.18. The Morgan fingerprint density at radius 3 is 2.56 bits per heavy atom. The molecule has 1 aromatic carbocycles. The number of anilines is 1. The van der Waals surface area contributed by atoms with Gasteiger partial charge >= 0.3 is 0 Å². The second-order valence-corrected chi connectivity index (χ2v) is 8.46. The maximum Gasteiger partial charge on any atom is 0.191 e. The monoisotopic (exact) mass is 550 g/mol. The van der Waals surface area contributed by atoms with Crippen LogP contribution >= 0.6 is 24.0 Å². The molecule has 1 aliphatic rings. The zero-order valence-corrected chi connectivity index (χ0v) is 22.1. The maximum absolute atomic E-state index is 4.57. The minimum absolute atomic E-state index is 0. The molecule has 0 bridgehead atoms. The van der Waals surface area contributed by atoms with E-state index in [-0.39, 0.29) is 24.0 Å². The Morgan fingerprint density at radius 2 is 1.84 bits per heavy atom. The number of rotatable bonds is 9. The van der Waals surface area contributed by atoms with Crippen molar-refractivity contribution < 1.29 is 0 Å². The summed E-state index contributed by atoms with van der Waals surface area (Å²) < 4.78 is 0. The Kier molecular flexibility index (Phi) is 11.8. The van der Waals surface area contributed by atoms with Crippen LogP contribution in [0.4, 0.5) is 5.82 Å². The van der Waals surface area contributed by atoms with Gasteiger partial charge in [-0.1, -0.05) is 30.3 Å². The van der Waals surface area contributed by atoms with E-state index in [0.717, 1.165) is 50.9 Å². The van der Waals surface area contributed by atoms with Crippen molar-refractivity contribution in [1.82, 2.24) is 20.5 Å². The summed E-state index contributed by atoms with van der Waals surface area (Å²) in [4.78, 5) is 13.7. The molecule has 0 aliphatic carbocycles. The van der Waals surface area contributed by atoms with Gasteiger partial charge in [-0.2, -0.15) is 0 Å². The lowest BCUT2D eigenvalue weighted by Crippen LogP contribution is -2.39. The predicted octanol–water partition coefficient (Wildman–Crippen LogP) is 4.27. The van der Waals surface area contributed by atoms with Gasteiger partial charge in [-0.25, -0.2) is 4.98 Å². The molecule has 1 fully saturated rings. The van der Waals surface area contributed by atoms with Crippen molar-refractivity contribution in [3.05, 3.63) is 59.8 Å². The standard InChI is InChI=1S/C25H38N6.HI/c1-21(30(3)20-22-10-6-4-7-11-22)12-14-28-25(26-2)29-19-23-13-15-27-24(18-23)31-16-8-5-9-17-31;/h4,6-7,10-11,13,15,18,21H,5,8-9,12,14,16-17,19-20H2,1-3H3,(H2,26,28,29);1H. The highest BCUT2D eigenvalue weighted by atomic mass is 127. The first kappa shape index (κ1) is 26.4. The highest BCUT2D eigenvalue weighted by molar-refractivity contribution is 14.0. The molecule has 3 rings (SSSR count). The molecule has 32 heavy (non-hydrogen) atoms. The molecule has 1 aliphatic heterocycles. The van der Waals surface area contributed by atoms with E-state index in [2.05, 4.69) is 86.8 Å². The van der Waals surface area contributed by atoms with Gasteiger partial charge in [-0.15, -0.1) is 24.0 Å². The molecule has 6 nitrogen and oxygen atoms in total. The maximum atomic E-state index is 4.57. The van der Waals surface area contributed by atoms with Gasteiger partial charge in [0.05, 0.1) is 0 Å². The summed E-state index contributed by atoms with van der Waals surface area (Å²) >= 11 is 0. The Labute approximate surface area is 210 Å². The van der Waals surface area contributed by atoms with Gasteiger partial charge < -0.3 is 15.5 Å². The van der Waals surface area contributed by atoms with Crippen LogP contribution in [0.3, 0.4) is 0 Å². The molecule has 0 amide bonds. The number of guanidine groups is 1. The lowest BCUT2D eigenvalue weighted by molar-refractivity contribution is 0.238. The fourth-order valence-electron chi connectivity index (χ4n) is 3.92. The summed E-state index contributed by atoms with van der Waals surface area (Å²) in [5.74, 6) is 1.94. The van der Waals surface area contributed by atoms with Crippen LogP contribution in [0.15, 0.2) is 53.7 Å². The average molecular weight is 551 g/mol. The fraction of sp³-hybridized carbons (Fsp3) is 0.520. The van der Waals surface area contributed by atoms with E-state index in [0.29, 0.717) is 6.04 Å². The van der Waals surface area contributed by atoms with Crippen LogP contribution in [-0.4, -0.2) is 55.6 Å². The first-order valence-corrected chi connectivity index (χ1v) is 11.5. The van der Waals surface area contributed by atoms with Gasteiger partial charge in [0, 0.05) is 52.0 Å². The molecule has 7 heteroatoms. The van der Waals surface area contributed by atoms with Crippen LogP contribution < -0.4 is 15.5 Å². The van der Waals surface area contributed by atoms with E-state index < -0.39 is 0 Å². The van der Waals surface area contributed by atoms with Gasteiger partial charge in [0.1, 0.15) is 5.82 Å². The molecule has 0 spiro atoms. The lowest BCUT2D eigenvalue weighted by Gasteiger charge is -2.28. The number of hydrogen-bond acceptors (Lipinski definition) is 4. The third kappa shape index (κ3) is 8.58. The van der Waals surface area contributed by atoms with Gasteiger partial charge in [0.2, 0.25) is 0 Å². The van der Waals surface area contributed by atoms with E-state index in [1.807, 2.05) is 13.2 Å². The molecule has 1 atom stereocenters. The largest absolute Gasteiger partial charge is 0.357 e. The van der Waals surface area contributed by atoms with Crippen molar-refractivity contribution in [3.8, 4) is 0 Å². The molecule has 2 aromatic rings. The molecular formula is C25H39IN6. The summed E-state index contributed by atoms with van der Waals surface area (Å²) in [6, 6.07) is 15.4. The molecular weight excluding hydrogens is 511 g/mol. The van der Waals surface area contributed by atoms with Crippen LogP contribution in [0.2, 0.25) is 0 Å². The SMILES string of the molecule is CN=C(NCCC(C)N(C)Cc1ccccc1)NCc1ccnc(N2CCCCC2)c1.I. The summed E-state index contributed by atoms with van der Waals surface area (Å²) in [6.07, 6.45) is 6.83. The summed E-state index contributed by atoms with van der Waals surface area (Å²) in [7, 11) is 4.01. The van der Waals surface area contributed by atoms with E-state index >= 15 is 0 Å². The molecule has 0 radical (unpaired) electrons. The number of nitrogens with one attached hydrogen (secondary N) is 2. The quantitative estimate of drug-likeness (QED) is 0.278. The Balaban J connectivity index is 0.00000363. The van der Waals surface area contributed by atoms with E-state index in [9.17, 15) is 0 Å². The van der Waals surface area contributed by atoms with E-state index in [4.69, 9.17) is 0 Å².